The third-order valence-corrected chi connectivity index (χ3v) is 5.88. The molecule has 0 radical (unpaired) electrons. The van der Waals surface area contributed by atoms with E-state index in [1.165, 1.54) is 22.5 Å². The largest absolute Gasteiger partial charge is 0.328 e. The van der Waals surface area contributed by atoms with Crippen LogP contribution in [0, 0.1) is 13.8 Å². The first-order chi connectivity index (χ1) is 11.5. The molecule has 2 atom stereocenters. The molecule has 2 unspecified atom stereocenters. The molecular weight excluding hydrogens is 320 g/mol. The van der Waals surface area contributed by atoms with E-state index in [4.69, 9.17) is 0 Å². The topological polar surface area (TPSA) is 48.5 Å². The van der Waals surface area contributed by atoms with Crippen LogP contribution in [0.3, 0.4) is 0 Å². The van der Waals surface area contributed by atoms with E-state index >= 15 is 0 Å². The molecule has 1 fully saturated rings. The second-order valence-corrected chi connectivity index (χ2v) is 7.74. The number of rotatable bonds is 1. The maximum Gasteiger partial charge on any atom is 0.328 e. The highest BCUT2D eigenvalue weighted by Gasteiger charge is 2.44. The first kappa shape index (κ1) is 15.6. The molecule has 2 amide bonds. The van der Waals surface area contributed by atoms with Gasteiger partial charge in [0.05, 0.1) is 5.69 Å². The van der Waals surface area contributed by atoms with Crippen molar-refractivity contribution < 1.29 is 4.79 Å². The van der Waals surface area contributed by atoms with Crippen molar-refractivity contribution in [2.45, 2.75) is 32.2 Å². The SMILES string of the molecule is Cc1ccc2c(c1)C1CN(C)CCC1N2C(=O)Nc1nc(C)cs1. The highest BCUT2D eigenvalue weighted by Crippen LogP contribution is 2.45. The van der Waals surface area contributed by atoms with Crippen LogP contribution in [-0.2, 0) is 0 Å². The molecule has 1 saturated heterocycles. The van der Waals surface area contributed by atoms with E-state index in [-0.39, 0.29) is 12.1 Å². The van der Waals surface area contributed by atoms with E-state index in [2.05, 4.69) is 47.4 Å². The minimum absolute atomic E-state index is 0.0634. The van der Waals surface area contributed by atoms with Gasteiger partial charge in [-0.05, 0) is 45.5 Å². The fraction of sp³-hybridized carbons (Fsp3) is 0.444. The predicted molar refractivity (Wildman–Crippen MR) is 98.2 cm³/mol. The zero-order valence-corrected chi connectivity index (χ0v) is 15.1. The lowest BCUT2D eigenvalue weighted by atomic mass is 9.89. The van der Waals surface area contributed by atoms with Crippen LogP contribution >= 0.6 is 11.3 Å². The average molecular weight is 342 g/mol. The Hall–Kier alpha value is -1.92. The number of carbonyl (C=O) groups is 1. The van der Waals surface area contributed by atoms with E-state index in [0.29, 0.717) is 11.0 Å². The molecule has 0 spiro atoms. The average Bonchev–Trinajstić information content (AvgIpc) is 3.08. The third kappa shape index (κ3) is 2.59. The zero-order valence-electron chi connectivity index (χ0n) is 14.2. The number of hydrogen-bond donors (Lipinski definition) is 1. The molecule has 2 aliphatic rings. The molecule has 126 valence electrons. The van der Waals surface area contributed by atoms with Crippen molar-refractivity contribution in [3.63, 3.8) is 0 Å². The maximum absolute atomic E-state index is 13.0. The first-order valence-corrected chi connectivity index (χ1v) is 9.22. The number of thiazole rings is 1. The quantitative estimate of drug-likeness (QED) is 0.861. The lowest BCUT2D eigenvalue weighted by Gasteiger charge is -2.36. The molecule has 0 aliphatic carbocycles. The fourth-order valence-electron chi connectivity index (χ4n) is 3.91. The van der Waals surface area contributed by atoms with Crippen LogP contribution in [0.1, 0.15) is 29.2 Å². The van der Waals surface area contributed by atoms with Gasteiger partial charge in [0.1, 0.15) is 0 Å². The van der Waals surface area contributed by atoms with Gasteiger partial charge in [-0.3, -0.25) is 10.2 Å². The third-order valence-electron chi connectivity index (χ3n) is 5.00. The van der Waals surface area contributed by atoms with Crippen molar-refractivity contribution in [1.29, 1.82) is 0 Å². The van der Waals surface area contributed by atoms with Gasteiger partial charge in [0, 0.05) is 29.6 Å². The summed E-state index contributed by atoms with van der Waals surface area (Å²) in [5.41, 5.74) is 4.54. The summed E-state index contributed by atoms with van der Waals surface area (Å²) in [5.74, 6) is 0.391. The lowest BCUT2D eigenvalue weighted by Crippen LogP contribution is -2.48. The number of urea groups is 1. The molecule has 1 N–H and O–H groups in total. The number of carbonyl (C=O) groups excluding carboxylic acids is 1. The fourth-order valence-corrected chi connectivity index (χ4v) is 4.59. The van der Waals surface area contributed by atoms with Gasteiger partial charge in [-0.1, -0.05) is 17.7 Å². The van der Waals surface area contributed by atoms with Crippen molar-refractivity contribution in [1.82, 2.24) is 9.88 Å². The number of aromatic nitrogens is 1. The zero-order chi connectivity index (χ0) is 16.8. The Bertz CT molecular complexity index is 787. The standard InChI is InChI=1S/C18H22N4OS/c1-11-4-5-15-13(8-11)14-9-21(3)7-6-16(14)22(15)18(23)20-17-19-12(2)10-24-17/h4-5,8,10,14,16H,6-7,9H2,1-3H3,(H,19,20,23). The maximum atomic E-state index is 13.0. The Labute approximate surface area is 146 Å². The number of piperidine rings is 1. The molecule has 0 bridgehead atoms. The summed E-state index contributed by atoms with van der Waals surface area (Å²) < 4.78 is 0. The van der Waals surface area contributed by atoms with E-state index in [1.807, 2.05) is 17.2 Å². The van der Waals surface area contributed by atoms with Crippen molar-refractivity contribution >= 4 is 28.2 Å². The van der Waals surface area contributed by atoms with Crippen molar-refractivity contribution in [3.8, 4) is 0 Å². The van der Waals surface area contributed by atoms with Gasteiger partial charge in [-0.15, -0.1) is 11.3 Å². The van der Waals surface area contributed by atoms with E-state index in [9.17, 15) is 4.79 Å². The second-order valence-electron chi connectivity index (χ2n) is 6.88. The van der Waals surface area contributed by atoms with Gasteiger partial charge < -0.3 is 4.90 Å². The van der Waals surface area contributed by atoms with Crippen LogP contribution in [0.4, 0.5) is 15.6 Å². The minimum atomic E-state index is -0.0634. The summed E-state index contributed by atoms with van der Waals surface area (Å²) >= 11 is 1.47. The number of likely N-dealkylation sites (tertiary alicyclic amines) is 1. The van der Waals surface area contributed by atoms with Gasteiger partial charge >= 0.3 is 6.03 Å². The first-order valence-electron chi connectivity index (χ1n) is 8.34. The van der Waals surface area contributed by atoms with E-state index < -0.39 is 0 Å². The normalized spacial score (nSPS) is 23.0. The van der Waals surface area contributed by atoms with Crippen molar-refractivity contribution in [2.24, 2.45) is 0 Å². The summed E-state index contributed by atoms with van der Waals surface area (Å²) in [5, 5.41) is 5.61. The predicted octanol–water partition coefficient (Wildman–Crippen LogP) is 3.60. The van der Waals surface area contributed by atoms with Crippen LogP contribution in [0.25, 0.3) is 0 Å². The van der Waals surface area contributed by atoms with E-state index in [0.717, 1.165) is 30.9 Å². The molecule has 4 rings (SSSR count). The summed E-state index contributed by atoms with van der Waals surface area (Å²) in [6.45, 7) is 6.07. The van der Waals surface area contributed by atoms with Gasteiger partial charge in [0.15, 0.2) is 5.13 Å². The lowest BCUT2D eigenvalue weighted by molar-refractivity contribution is 0.224. The number of benzene rings is 1. The number of nitrogens with one attached hydrogen (secondary N) is 1. The molecule has 1 aromatic carbocycles. The molecule has 5 nitrogen and oxygen atoms in total. The molecule has 3 heterocycles. The van der Waals surface area contributed by atoms with Gasteiger partial charge in [0.2, 0.25) is 0 Å². The monoisotopic (exact) mass is 342 g/mol. The Kier molecular flexibility index (Phi) is 3.81. The van der Waals surface area contributed by atoms with Crippen LogP contribution in [0.2, 0.25) is 0 Å². The molecule has 6 heteroatoms. The highest BCUT2D eigenvalue weighted by molar-refractivity contribution is 7.13. The highest BCUT2D eigenvalue weighted by atomic mass is 32.1. The molecule has 2 aromatic rings. The number of hydrogen-bond acceptors (Lipinski definition) is 4. The summed E-state index contributed by atoms with van der Waals surface area (Å²) in [6.07, 6.45) is 0.999. The minimum Gasteiger partial charge on any atom is -0.306 e. The van der Waals surface area contributed by atoms with Gasteiger partial charge in [-0.2, -0.15) is 0 Å². The van der Waals surface area contributed by atoms with Crippen LogP contribution in [0.5, 0.6) is 0 Å². The Morgan fingerprint density at radius 1 is 1.38 bits per heavy atom. The Balaban J connectivity index is 1.68. The van der Waals surface area contributed by atoms with Crippen molar-refractivity contribution in [3.05, 3.63) is 40.4 Å². The number of amides is 2. The van der Waals surface area contributed by atoms with Crippen LogP contribution in [0.15, 0.2) is 23.6 Å². The summed E-state index contributed by atoms with van der Waals surface area (Å²) in [7, 11) is 2.16. The molecule has 1 aromatic heterocycles. The van der Waals surface area contributed by atoms with Crippen LogP contribution < -0.4 is 10.2 Å². The molecular formula is C18H22N4OS. The van der Waals surface area contributed by atoms with Gasteiger partial charge in [0.25, 0.3) is 0 Å². The van der Waals surface area contributed by atoms with Crippen LogP contribution in [-0.4, -0.2) is 42.1 Å². The van der Waals surface area contributed by atoms with Crippen molar-refractivity contribution in [2.75, 3.05) is 30.4 Å². The Morgan fingerprint density at radius 3 is 2.96 bits per heavy atom. The molecule has 2 aliphatic heterocycles. The van der Waals surface area contributed by atoms with E-state index in [1.54, 1.807) is 0 Å². The summed E-state index contributed by atoms with van der Waals surface area (Å²) in [4.78, 5) is 21.7. The number of aryl methyl sites for hydroxylation is 2. The Morgan fingerprint density at radius 2 is 2.21 bits per heavy atom. The number of nitrogens with zero attached hydrogens (tertiary/aromatic N) is 3. The molecule has 24 heavy (non-hydrogen) atoms. The smallest absolute Gasteiger partial charge is 0.306 e. The number of likely N-dealkylation sites (N-methyl/N-ethyl adjacent to an activating group) is 1. The van der Waals surface area contributed by atoms with Gasteiger partial charge in [-0.25, -0.2) is 9.78 Å². The second kappa shape index (κ2) is 5.86. The number of anilines is 2. The molecule has 0 saturated carbocycles. The number of fused-ring (bicyclic) bond motifs is 3. The summed E-state index contributed by atoms with van der Waals surface area (Å²) in [6, 6.07) is 6.60.